The SMILES string of the molecule is Cc1ccsc1[C@@H]1[C@H](c2ccccn2)NC(=S)N1c1ccc(OC2CCCC2)cc1. The fourth-order valence-electron chi connectivity index (χ4n) is 4.47. The highest BCUT2D eigenvalue weighted by Crippen LogP contribution is 2.44. The lowest BCUT2D eigenvalue weighted by molar-refractivity contribution is 0.210. The van der Waals surface area contributed by atoms with E-state index >= 15 is 0 Å². The molecule has 2 aliphatic rings. The van der Waals surface area contributed by atoms with E-state index in [0.717, 1.165) is 35.1 Å². The van der Waals surface area contributed by atoms with E-state index in [9.17, 15) is 0 Å². The monoisotopic (exact) mass is 435 g/mol. The number of nitrogens with one attached hydrogen (secondary N) is 1. The molecule has 3 heterocycles. The van der Waals surface area contributed by atoms with Gasteiger partial charge in [0.25, 0.3) is 0 Å². The molecule has 0 bridgehead atoms. The van der Waals surface area contributed by atoms with Crippen molar-refractivity contribution in [2.24, 2.45) is 0 Å². The molecule has 5 rings (SSSR count). The van der Waals surface area contributed by atoms with Crippen LogP contribution in [0.3, 0.4) is 0 Å². The van der Waals surface area contributed by atoms with Crippen molar-refractivity contribution in [3.63, 3.8) is 0 Å². The topological polar surface area (TPSA) is 37.4 Å². The summed E-state index contributed by atoms with van der Waals surface area (Å²) in [6, 6.07) is 16.7. The van der Waals surface area contributed by atoms with Gasteiger partial charge in [-0.05, 0) is 98.2 Å². The lowest BCUT2D eigenvalue weighted by Gasteiger charge is -2.28. The molecule has 0 unspecified atom stereocenters. The Bertz CT molecular complexity index is 1010. The second-order valence-corrected chi connectivity index (χ2v) is 9.32. The number of thiophene rings is 1. The molecule has 4 nitrogen and oxygen atoms in total. The first-order chi connectivity index (χ1) is 14.7. The van der Waals surface area contributed by atoms with Gasteiger partial charge in [0.15, 0.2) is 5.11 Å². The summed E-state index contributed by atoms with van der Waals surface area (Å²) < 4.78 is 6.15. The largest absolute Gasteiger partial charge is 0.490 e. The maximum atomic E-state index is 6.15. The molecule has 1 N–H and O–H groups in total. The van der Waals surface area contributed by atoms with Crippen LogP contribution in [0.5, 0.6) is 5.75 Å². The van der Waals surface area contributed by atoms with Crippen molar-refractivity contribution in [2.45, 2.75) is 50.8 Å². The molecule has 0 amide bonds. The zero-order valence-electron chi connectivity index (χ0n) is 17.0. The predicted octanol–water partition coefficient (Wildman–Crippen LogP) is 5.95. The number of anilines is 1. The summed E-state index contributed by atoms with van der Waals surface area (Å²) in [5.41, 5.74) is 3.35. The summed E-state index contributed by atoms with van der Waals surface area (Å²) in [6.45, 7) is 2.17. The van der Waals surface area contributed by atoms with Gasteiger partial charge in [0, 0.05) is 16.8 Å². The molecule has 1 saturated carbocycles. The highest BCUT2D eigenvalue weighted by atomic mass is 32.1. The fourth-order valence-corrected chi connectivity index (χ4v) is 5.87. The van der Waals surface area contributed by atoms with Gasteiger partial charge in [-0.2, -0.15) is 0 Å². The van der Waals surface area contributed by atoms with Crippen LogP contribution < -0.4 is 15.0 Å². The number of ether oxygens (including phenoxy) is 1. The minimum absolute atomic E-state index is 0.00506. The Labute approximate surface area is 186 Å². The second-order valence-electron chi connectivity index (χ2n) is 7.98. The summed E-state index contributed by atoms with van der Waals surface area (Å²) in [5, 5.41) is 6.41. The van der Waals surface area contributed by atoms with E-state index in [1.807, 2.05) is 18.3 Å². The number of nitrogens with zero attached hydrogens (tertiary/aromatic N) is 2. The molecule has 1 saturated heterocycles. The van der Waals surface area contributed by atoms with Crippen LogP contribution in [0.4, 0.5) is 5.69 Å². The average Bonchev–Trinajstić information content (AvgIpc) is 3.50. The first-order valence-corrected chi connectivity index (χ1v) is 11.8. The molecule has 2 aromatic heterocycles. The van der Waals surface area contributed by atoms with Gasteiger partial charge in [0.05, 0.1) is 23.9 Å². The van der Waals surface area contributed by atoms with Gasteiger partial charge in [-0.1, -0.05) is 6.07 Å². The first-order valence-electron chi connectivity index (χ1n) is 10.5. The number of aromatic nitrogens is 1. The third-order valence-electron chi connectivity index (χ3n) is 5.99. The second kappa shape index (κ2) is 8.36. The van der Waals surface area contributed by atoms with Gasteiger partial charge in [-0.15, -0.1) is 11.3 Å². The minimum atomic E-state index is 0.00506. The first kappa shape index (κ1) is 19.5. The van der Waals surface area contributed by atoms with Crippen LogP contribution in [0.1, 0.15) is 53.9 Å². The number of pyridine rings is 1. The highest BCUT2D eigenvalue weighted by molar-refractivity contribution is 7.80. The molecule has 30 heavy (non-hydrogen) atoms. The van der Waals surface area contributed by atoms with Gasteiger partial charge in [-0.25, -0.2) is 0 Å². The number of benzene rings is 1. The number of hydrogen-bond acceptors (Lipinski definition) is 4. The van der Waals surface area contributed by atoms with Crippen molar-refractivity contribution in [1.29, 1.82) is 0 Å². The molecule has 0 radical (unpaired) electrons. The van der Waals surface area contributed by atoms with E-state index in [0.29, 0.717) is 6.10 Å². The lowest BCUT2D eigenvalue weighted by atomic mass is 10.0. The van der Waals surface area contributed by atoms with E-state index in [4.69, 9.17) is 17.0 Å². The maximum absolute atomic E-state index is 6.15. The van der Waals surface area contributed by atoms with Crippen LogP contribution in [-0.2, 0) is 0 Å². The van der Waals surface area contributed by atoms with E-state index < -0.39 is 0 Å². The van der Waals surface area contributed by atoms with Gasteiger partial charge in [0.1, 0.15) is 5.75 Å². The third-order valence-corrected chi connectivity index (χ3v) is 7.39. The van der Waals surface area contributed by atoms with E-state index in [1.165, 1.54) is 23.3 Å². The van der Waals surface area contributed by atoms with Crippen molar-refractivity contribution >= 4 is 34.4 Å². The molecule has 1 aliphatic carbocycles. The van der Waals surface area contributed by atoms with Crippen molar-refractivity contribution in [3.8, 4) is 5.75 Å². The summed E-state index contributed by atoms with van der Waals surface area (Å²) in [5.74, 6) is 0.939. The Kier molecular flexibility index (Phi) is 5.44. The van der Waals surface area contributed by atoms with Crippen molar-refractivity contribution in [2.75, 3.05) is 4.90 Å². The molecule has 0 spiro atoms. The Morgan fingerprint density at radius 2 is 1.90 bits per heavy atom. The number of hydrogen-bond donors (Lipinski definition) is 1. The predicted molar refractivity (Wildman–Crippen MR) is 126 cm³/mol. The van der Waals surface area contributed by atoms with Crippen molar-refractivity contribution in [1.82, 2.24) is 10.3 Å². The van der Waals surface area contributed by atoms with E-state index in [-0.39, 0.29) is 12.1 Å². The average molecular weight is 436 g/mol. The van der Waals surface area contributed by atoms with Crippen LogP contribution in [-0.4, -0.2) is 16.2 Å². The summed E-state index contributed by atoms with van der Waals surface area (Å²) >= 11 is 7.58. The Morgan fingerprint density at radius 3 is 2.57 bits per heavy atom. The molecule has 2 fully saturated rings. The van der Waals surface area contributed by atoms with E-state index in [1.54, 1.807) is 11.3 Å². The van der Waals surface area contributed by atoms with Crippen LogP contribution in [0.2, 0.25) is 0 Å². The highest BCUT2D eigenvalue weighted by Gasteiger charge is 2.41. The molecule has 3 aromatic rings. The fraction of sp³-hybridized carbons (Fsp3) is 0.333. The Hall–Kier alpha value is -2.44. The van der Waals surface area contributed by atoms with E-state index in [2.05, 4.69) is 63.9 Å². The molecule has 2 atom stereocenters. The van der Waals surface area contributed by atoms with Gasteiger partial charge in [0.2, 0.25) is 0 Å². The number of rotatable bonds is 5. The summed E-state index contributed by atoms with van der Waals surface area (Å²) in [7, 11) is 0. The van der Waals surface area contributed by atoms with Gasteiger partial charge < -0.3 is 15.0 Å². The van der Waals surface area contributed by atoms with Gasteiger partial charge >= 0.3 is 0 Å². The minimum Gasteiger partial charge on any atom is -0.490 e. The molecular formula is C24H25N3OS2. The standard InChI is InChI=1S/C24H25N3OS2/c1-16-13-15-30-23(16)22-21(20-8-4-5-14-25-20)26-24(29)27(22)17-9-11-19(12-10-17)28-18-6-2-3-7-18/h4-5,8-15,18,21-22H,2-3,6-7H2,1H3,(H,26,29)/t21-,22-/m0/s1. The van der Waals surface area contributed by atoms with Crippen LogP contribution in [0.15, 0.2) is 60.1 Å². The normalized spacial score (nSPS) is 21.8. The Balaban J connectivity index is 1.48. The number of thiocarbonyl (C=S) groups is 1. The molecule has 1 aromatic carbocycles. The Morgan fingerprint density at radius 1 is 1.10 bits per heavy atom. The smallest absolute Gasteiger partial charge is 0.174 e. The van der Waals surface area contributed by atoms with Gasteiger partial charge in [-0.3, -0.25) is 4.98 Å². The molecule has 6 heteroatoms. The lowest BCUT2D eigenvalue weighted by Crippen LogP contribution is -2.29. The zero-order chi connectivity index (χ0) is 20.5. The summed E-state index contributed by atoms with van der Waals surface area (Å²) in [6.07, 6.45) is 7.07. The molecule has 154 valence electrons. The molecular weight excluding hydrogens is 410 g/mol. The number of aryl methyl sites for hydroxylation is 1. The quantitative estimate of drug-likeness (QED) is 0.501. The van der Waals surface area contributed by atoms with Crippen LogP contribution in [0, 0.1) is 6.92 Å². The third kappa shape index (κ3) is 3.70. The van der Waals surface area contributed by atoms with Crippen molar-refractivity contribution < 1.29 is 4.74 Å². The molecule has 1 aliphatic heterocycles. The van der Waals surface area contributed by atoms with Crippen LogP contribution in [0.25, 0.3) is 0 Å². The van der Waals surface area contributed by atoms with Crippen LogP contribution >= 0.6 is 23.6 Å². The summed E-state index contributed by atoms with van der Waals surface area (Å²) in [4.78, 5) is 8.16. The zero-order valence-corrected chi connectivity index (χ0v) is 18.6. The maximum Gasteiger partial charge on any atom is 0.174 e. The van der Waals surface area contributed by atoms with Crippen molar-refractivity contribution in [3.05, 3.63) is 76.2 Å².